The predicted molar refractivity (Wildman–Crippen MR) is 65.4 cm³/mol. The predicted octanol–water partition coefficient (Wildman–Crippen LogP) is -0.0875. The lowest BCUT2D eigenvalue weighted by Gasteiger charge is -2.11. The van der Waals surface area contributed by atoms with Gasteiger partial charge < -0.3 is 14.8 Å². The second-order valence-corrected chi connectivity index (χ2v) is 3.99. The fraction of sp³-hybridized carbons (Fsp3) is 0.364. The van der Waals surface area contributed by atoms with E-state index in [1.54, 1.807) is 19.1 Å². The Bertz CT molecular complexity index is 592. The molecule has 2 rings (SSSR count). The molecule has 0 saturated heterocycles. The average Bonchev–Trinajstić information content (AvgIpc) is 3.05. The van der Waals surface area contributed by atoms with Crippen LogP contribution in [0.3, 0.4) is 0 Å². The first-order chi connectivity index (χ1) is 9.60. The van der Waals surface area contributed by atoms with E-state index in [0.717, 1.165) is 4.80 Å². The summed E-state index contributed by atoms with van der Waals surface area (Å²) >= 11 is 0. The zero-order valence-electron chi connectivity index (χ0n) is 10.7. The van der Waals surface area contributed by atoms with Crippen LogP contribution in [0.5, 0.6) is 0 Å². The highest BCUT2D eigenvalue weighted by Crippen LogP contribution is 2.12. The van der Waals surface area contributed by atoms with E-state index >= 15 is 0 Å². The normalized spacial score (nSPS) is 12.1. The fourth-order valence-corrected chi connectivity index (χ4v) is 1.52. The number of rotatable bonds is 6. The van der Waals surface area contributed by atoms with E-state index in [0.29, 0.717) is 12.2 Å². The van der Waals surface area contributed by atoms with Crippen LogP contribution in [0.4, 0.5) is 0 Å². The van der Waals surface area contributed by atoms with Gasteiger partial charge in [-0.3, -0.25) is 4.79 Å². The van der Waals surface area contributed by atoms with Gasteiger partial charge in [-0.25, -0.2) is 4.79 Å². The number of carbonyl (C=O) groups is 2. The Hall–Kier alpha value is -2.71. The zero-order chi connectivity index (χ0) is 14.5. The van der Waals surface area contributed by atoms with Gasteiger partial charge in [-0.2, -0.15) is 4.80 Å². The molecule has 0 aliphatic carbocycles. The van der Waals surface area contributed by atoms with Crippen molar-refractivity contribution in [1.29, 1.82) is 0 Å². The first-order valence-electron chi connectivity index (χ1n) is 5.94. The molecule has 20 heavy (non-hydrogen) atoms. The van der Waals surface area contributed by atoms with Crippen LogP contribution in [0.2, 0.25) is 0 Å². The third-order valence-electron chi connectivity index (χ3n) is 2.52. The van der Waals surface area contributed by atoms with Crippen LogP contribution < -0.4 is 5.32 Å². The Labute approximate surface area is 113 Å². The first kappa shape index (κ1) is 13.7. The Kier molecular flexibility index (Phi) is 4.08. The molecule has 0 fully saturated rings. The van der Waals surface area contributed by atoms with Crippen molar-refractivity contribution in [3.05, 3.63) is 18.4 Å². The highest BCUT2D eigenvalue weighted by Gasteiger charge is 2.18. The lowest BCUT2D eigenvalue weighted by Crippen LogP contribution is -2.42. The van der Waals surface area contributed by atoms with Gasteiger partial charge in [0, 0.05) is 0 Å². The van der Waals surface area contributed by atoms with Crippen LogP contribution in [-0.4, -0.2) is 43.2 Å². The molecule has 0 saturated carbocycles. The second-order valence-electron chi connectivity index (χ2n) is 3.99. The maximum atomic E-state index is 11.7. The Morgan fingerprint density at radius 1 is 1.55 bits per heavy atom. The fourth-order valence-electron chi connectivity index (χ4n) is 1.52. The summed E-state index contributed by atoms with van der Waals surface area (Å²) in [7, 11) is 0. The summed E-state index contributed by atoms with van der Waals surface area (Å²) in [5.41, 5.74) is 0. The van der Waals surface area contributed by atoms with Gasteiger partial charge in [0.15, 0.2) is 5.76 Å². The van der Waals surface area contributed by atoms with Gasteiger partial charge in [0.05, 0.1) is 6.26 Å². The van der Waals surface area contributed by atoms with Crippen molar-refractivity contribution in [1.82, 2.24) is 25.5 Å². The van der Waals surface area contributed by atoms with E-state index in [2.05, 4.69) is 20.7 Å². The largest absolute Gasteiger partial charge is 0.480 e. The molecule has 9 nitrogen and oxygen atoms in total. The van der Waals surface area contributed by atoms with E-state index in [9.17, 15) is 9.59 Å². The standard InChI is InChI=1S/C11H13N5O4/c1-2-7(11(18)19)12-9(17)6-16-14-10(13-15-16)8-4-3-5-20-8/h3-5,7H,2,6H2,1H3,(H,12,17)(H,18,19)/t7-/m0/s1. The molecule has 2 aromatic heterocycles. The minimum atomic E-state index is -1.08. The summed E-state index contributed by atoms with van der Waals surface area (Å²) in [5.74, 6) is -0.881. The third-order valence-corrected chi connectivity index (χ3v) is 2.52. The molecule has 2 heterocycles. The Morgan fingerprint density at radius 2 is 2.35 bits per heavy atom. The zero-order valence-corrected chi connectivity index (χ0v) is 10.7. The van der Waals surface area contributed by atoms with E-state index in [4.69, 9.17) is 9.52 Å². The SMILES string of the molecule is CC[C@H](NC(=O)Cn1nnc(-c2ccco2)n1)C(=O)O. The molecule has 0 aromatic carbocycles. The minimum absolute atomic E-state index is 0.211. The van der Waals surface area contributed by atoms with Crippen LogP contribution >= 0.6 is 0 Å². The van der Waals surface area contributed by atoms with Crippen molar-refractivity contribution in [3.8, 4) is 11.6 Å². The van der Waals surface area contributed by atoms with Gasteiger partial charge in [-0.05, 0) is 23.8 Å². The van der Waals surface area contributed by atoms with Crippen molar-refractivity contribution in [3.63, 3.8) is 0 Å². The molecule has 1 amide bonds. The van der Waals surface area contributed by atoms with Crippen molar-refractivity contribution < 1.29 is 19.1 Å². The van der Waals surface area contributed by atoms with E-state index in [1.165, 1.54) is 6.26 Å². The van der Waals surface area contributed by atoms with Crippen LogP contribution in [-0.2, 0) is 16.1 Å². The average molecular weight is 279 g/mol. The highest BCUT2D eigenvalue weighted by molar-refractivity contribution is 5.83. The molecule has 0 bridgehead atoms. The number of amides is 1. The maximum Gasteiger partial charge on any atom is 0.326 e. The summed E-state index contributed by atoms with van der Waals surface area (Å²) in [6.45, 7) is 1.46. The number of aromatic nitrogens is 4. The molecular weight excluding hydrogens is 266 g/mol. The highest BCUT2D eigenvalue weighted by atomic mass is 16.4. The Morgan fingerprint density at radius 3 is 2.95 bits per heavy atom. The number of tetrazole rings is 1. The summed E-state index contributed by atoms with van der Waals surface area (Å²) in [5, 5.41) is 22.6. The molecule has 0 aliphatic heterocycles. The van der Waals surface area contributed by atoms with E-state index < -0.39 is 17.9 Å². The van der Waals surface area contributed by atoms with Crippen LogP contribution in [0.25, 0.3) is 11.6 Å². The van der Waals surface area contributed by atoms with Gasteiger partial charge in [0.2, 0.25) is 11.7 Å². The quantitative estimate of drug-likeness (QED) is 0.757. The molecule has 2 aromatic rings. The van der Waals surface area contributed by atoms with Crippen molar-refractivity contribution in [2.75, 3.05) is 0 Å². The maximum absolute atomic E-state index is 11.7. The molecule has 106 valence electrons. The van der Waals surface area contributed by atoms with Gasteiger partial charge >= 0.3 is 5.97 Å². The van der Waals surface area contributed by atoms with Gasteiger partial charge in [-0.1, -0.05) is 6.92 Å². The number of nitrogens with zero attached hydrogens (tertiary/aromatic N) is 4. The summed E-state index contributed by atoms with van der Waals surface area (Å²) in [6, 6.07) is 2.43. The molecule has 0 aliphatic rings. The van der Waals surface area contributed by atoms with E-state index in [-0.39, 0.29) is 12.4 Å². The molecule has 0 unspecified atom stereocenters. The van der Waals surface area contributed by atoms with Crippen LogP contribution in [0.1, 0.15) is 13.3 Å². The number of hydrogen-bond acceptors (Lipinski definition) is 6. The van der Waals surface area contributed by atoms with Crippen molar-refractivity contribution >= 4 is 11.9 Å². The molecule has 0 radical (unpaired) electrons. The van der Waals surface area contributed by atoms with Gasteiger partial charge in [-0.15, -0.1) is 10.2 Å². The second kappa shape index (κ2) is 5.95. The lowest BCUT2D eigenvalue weighted by atomic mass is 10.2. The summed E-state index contributed by atoms with van der Waals surface area (Å²) in [6.07, 6.45) is 1.77. The van der Waals surface area contributed by atoms with Gasteiger partial charge in [0.25, 0.3) is 0 Å². The number of aliphatic carboxylic acids is 1. The van der Waals surface area contributed by atoms with Gasteiger partial charge in [0.1, 0.15) is 12.6 Å². The molecule has 2 N–H and O–H groups in total. The van der Waals surface area contributed by atoms with Crippen molar-refractivity contribution in [2.24, 2.45) is 0 Å². The van der Waals surface area contributed by atoms with Crippen LogP contribution in [0.15, 0.2) is 22.8 Å². The molecule has 9 heteroatoms. The summed E-state index contributed by atoms with van der Waals surface area (Å²) < 4.78 is 5.09. The topological polar surface area (TPSA) is 123 Å². The monoisotopic (exact) mass is 279 g/mol. The number of carboxylic acid groups (broad SMARTS) is 1. The van der Waals surface area contributed by atoms with Crippen molar-refractivity contribution in [2.45, 2.75) is 25.9 Å². The van der Waals surface area contributed by atoms with Crippen LogP contribution in [0, 0.1) is 0 Å². The minimum Gasteiger partial charge on any atom is -0.480 e. The summed E-state index contributed by atoms with van der Waals surface area (Å²) in [4.78, 5) is 23.5. The molecule has 1 atom stereocenters. The number of furan rings is 1. The smallest absolute Gasteiger partial charge is 0.326 e. The lowest BCUT2D eigenvalue weighted by molar-refractivity contribution is -0.142. The number of carbonyl (C=O) groups excluding carboxylic acids is 1. The number of nitrogens with one attached hydrogen (secondary N) is 1. The first-order valence-corrected chi connectivity index (χ1v) is 5.94. The Balaban J connectivity index is 1.97. The third kappa shape index (κ3) is 3.19. The van der Waals surface area contributed by atoms with E-state index in [1.807, 2.05) is 0 Å². The number of hydrogen-bond donors (Lipinski definition) is 2. The molecular formula is C11H13N5O4. The molecule has 0 spiro atoms. The number of carboxylic acids is 1.